The van der Waals surface area contributed by atoms with Gasteiger partial charge in [0.1, 0.15) is 0 Å². The van der Waals surface area contributed by atoms with Crippen LogP contribution in [0.4, 0.5) is 0 Å². The molecule has 0 saturated heterocycles. The number of hydrogen-bond donors (Lipinski definition) is 1. The molecule has 1 aliphatic carbocycles. The number of halogens is 1. The van der Waals surface area contributed by atoms with Crippen molar-refractivity contribution in [2.45, 2.75) is 32.6 Å². The first kappa shape index (κ1) is 11.0. The summed E-state index contributed by atoms with van der Waals surface area (Å²) in [5, 5.41) is 4.03. The van der Waals surface area contributed by atoms with E-state index < -0.39 is 0 Å². The first-order valence-electron chi connectivity index (χ1n) is 5.07. The highest BCUT2D eigenvalue weighted by Crippen LogP contribution is 2.28. The number of nitrogens with one attached hydrogen (secondary N) is 1. The fraction of sp³-hybridized carbons (Fsp3) is 0.900. The normalized spacial score (nSPS) is 18.3. The van der Waals surface area contributed by atoms with Gasteiger partial charge in [-0.2, -0.15) is 0 Å². The van der Waals surface area contributed by atoms with Gasteiger partial charge in [0.15, 0.2) is 0 Å². The number of carbonyl (C=O) groups is 1. The van der Waals surface area contributed by atoms with Crippen LogP contribution in [0.25, 0.3) is 0 Å². The monoisotopic (exact) mass is 247 g/mol. The molecule has 1 fully saturated rings. The largest absolute Gasteiger partial charge is 0.356 e. The highest BCUT2D eigenvalue weighted by molar-refractivity contribution is 9.09. The van der Waals surface area contributed by atoms with Crippen LogP contribution < -0.4 is 5.32 Å². The lowest BCUT2D eigenvalue weighted by molar-refractivity contribution is -0.122. The maximum Gasteiger partial charge on any atom is 0.223 e. The summed E-state index contributed by atoms with van der Waals surface area (Å²) in [6.45, 7) is 3.07. The molecule has 0 spiro atoms. The Kier molecular flexibility index (Phi) is 4.78. The molecule has 13 heavy (non-hydrogen) atoms. The number of rotatable bonds is 6. The third kappa shape index (κ3) is 4.65. The van der Waals surface area contributed by atoms with Crippen molar-refractivity contribution < 1.29 is 4.79 Å². The Morgan fingerprint density at radius 3 is 2.85 bits per heavy atom. The Morgan fingerprint density at radius 2 is 2.31 bits per heavy atom. The van der Waals surface area contributed by atoms with E-state index in [1.54, 1.807) is 0 Å². The summed E-state index contributed by atoms with van der Waals surface area (Å²) in [4.78, 5) is 11.2. The fourth-order valence-corrected chi connectivity index (χ4v) is 1.55. The Morgan fingerprint density at radius 1 is 1.62 bits per heavy atom. The molecule has 1 aliphatic rings. The smallest absolute Gasteiger partial charge is 0.223 e. The molecule has 1 unspecified atom stereocenters. The van der Waals surface area contributed by atoms with Gasteiger partial charge in [0.05, 0.1) is 0 Å². The van der Waals surface area contributed by atoms with Gasteiger partial charge >= 0.3 is 0 Å². The number of amides is 1. The van der Waals surface area contributed by atoms with Crippen molar-refractivity contribution in [1.29, 1.82) is 0 Å². The summed E-state index contributed by atoms with van der Waals surface area (Å²) < 4.78 is 0. The summed E-state index contributed by atoms with van der Waals surface area (Å²) in [7, 11) is 0. The molecule has 1 saturated carbocycles. The van der Waals surface area contributed by atoms with Crippen LogP contribution in [0.2, 0.25) is 0 Å². The van der Waals surface area contributed by atoms with Crippen LogP contribution in [0.1, 0.15) is 32.6 Å². The summed E-state index contributed by atoms with van der Waals surface area (Å²) >= 11 is 3.44. The first-order valence-corrected chi connectivity index (χ1v) is 6.20. The van der Waals surface area contributed by atoms with Crippen LogP contribution in [0.15, 0.2) is 0 Å². The zero-order chi connectivity index (χ0) is 9.68. The van der Waals surface area contributed by atoms with Gasteiger partial charge in [0, 0.05) is 17.8 Å². The predicted octanol–water partition coefficient (Wildman–Crippen LogP) is 2.32. The lowest BCUT2D eigenvalue weighted by atomic mass is 10.1. The molecule has 1 atom stereocenters. The molecule has 0 aliphatic heterocycles. The van der Waals surface area contributed by atoms with Crippen LogP contribution in [-0.2, 0) is 4.79 Å². The SMILES string of the molecule is CC(CBr)CCCNC(=O)C1CC1. The van der Waals surface area contributed by atoms with Gasteiger partial charge in [-0.15, -0.1) is 0 Å². The summed E-state index contributed by atoms with van der Waals surface area (Å²) in [6, 6.07) is 0. The Labute approximate surface area is 88.6 Å². The maximum atomic E-state index is 11.2. The zero-order valence-corrected chi connectivity index (χ0v) is 9.77. The second kappa shape index (κ2) is 5.63. The lowest BCUT2D eigenvalue weighted by Gasteiger charge is -2.07. The standard InChI is InChI=1S/C10H18BrNO/c1-8(7-11)3-2-6-12-10(13)9-4-5-9/h8-9H,2-7H2,1H3,(H,12,13). The Balaban J connectivity index is 1.91. The third-order valence-electron chi connectivity index (χ3n) is 2.38. The molecule has 0 aromatic rings. The quantitative estimate of drug-likeness (QED) is 0.567. The zero-order valence-electron chi connectivity index (χ0n) is 8.18. The van der Waals surface area contributed by atoms with E-state index in [0.717, 1.165) is 37.1 Å². The van der Waals surface area contributed by atoms with E-state index in [2.05, 4.69) is 28.2 Å². The molecule has 0 bridgehead atoms. The van der Waals surface area contributed by atoms with Crippen LogP contribution in [0, 0.1) is 11.8 Å². The number of carbonyl (C=O) groups excluding carboxylic acids is 1. The molecule has 2 nitrogen and oxygen atoms in total. The predicted molar refractivity (Wildman–Crippen MR) is 57.9 cm³/mol. The van der Waals surface area contributed by atoms with Crippen molar-refractivity contribution in [3.8, 4) is 0 Å². The molecule has 1 rings (SSSR count). The number of alkyl halides is 1. The van der Waals surface area contributed by atoms with Crippen molar-refractivity contribution in [3.05, 3.63) is 0 Å². The van der Waals surface area contributed by atoms with E-state index in [0.29, 0.717) is 5.92 Å². The molecular weight excluding hydrogens is 230 g/mol. The first-order chi connectivity index (χ1) is 6.24. The summed E-state index contributed by atoms with van der Waals surface area (Å²) in [6.07, 6.45) is 4.49. The molecule has 1 amide bonds. The summed E-state index contributed by atoms with van der Waals surface area (Å²) in [5.74, 6) is 1.35. The van der Waals surface area contributed by atoms with Crippen LogP contribution in [-0.4, -0.2) is 17.8 Å². The van der Waals surface area contributed by atoms with Gasteiger partial charge in [-0.1, -0.05) is 22.9 Å². The molecule has 0 aromatic carbocycles. The van der Waals surface area contributed by atoms with E-state index >= 15 is 0 Å². The van der Waals surface area contributed by atoms with Crippen molar-refractivity contribution in [1.82, 2.24) is 5.32 Å². The van der Waals surface area contributed by atoms with Crippen molar-refractivity contribution in [3.63, 3.8) is 0 Å². The van der Waals surface area contributed by atoms with Crippen molar-refractivity contribution in [2.75, 3.05) is 11.9 Å². The van der Waals surface area contributed by atoms with E-state index in [4.69, 9.17) is 0 Å². The molecule has 0 heterocycles. The third-order valence-corrected chi connectivity index (χ3v) is 3.49. The van der Waals surface area contributed by atoms with Crippen molar-refractivity contribution >= 4 is 21.8 Å². The van der Waals surface area contributed by atoms with Gasteiger partial charge in [0.25, 0.3) is 0 Å². The average molecular weight is 248 g/mol. The average Bonchev–Trinajstić information content (AvgIpc) is 2.94. The fourth-order valence-electron chi connectivity index (χ4n) is 1.23. The van der Waals surface area contributed by atoms with Gasteiger partial charge in [-0.25, -0.2) is 0 Å². The van der Waals surface area contributed by atoms with Crippen LogP contribution in [0.3, 0.4) is 0 Å². The van der Waals surface area contributed by atoms with Crippen molar-refractivity contribution in [2.24, 2.45) is 11.8 Å². The highest BCUT2D eigenvalue weighted by Gasteiger charge is 2.28. The second-order valence-electron chi connectivity index (χ2n) is 3.97. The minimum absolute atomic E-state index is 0.270. The Bertz CT molecular complexity index is 168. The lowest BCUT2D eigenvalue weighted by Crippen LogP contribution is -2.26. The summed E-state index contributed by atoms with van der Waals surface area (Å²) in [5.41, 5.74) is 0. The highest BCUT2D eigenvalue weighted by atomic mass is 79.9. The van der Waals surface area contributed by atoms with Gasteiger partial charge in [0.2, 0.25) is 5.91 Å². The van der Waals surface area contributed by atoms with Crippen LogP contribution in [0.5, 0.6) is 0 Å². The van der Waals surface area contributed by atoms with Gasteiger partial charge in [-0.05, 0) is 31.6 Å². The van der Waals surface area contributed by atoms with Crippen LogP contribution >= 0.6 is 15.9 Å². The van der Waals surface area contributed by atoms with E-state index in [1.807, 2.05) is 0 Å². The molecule has 0 aromatic heterocycles. The van der Waals surface area contributed by atoms with E-state index in [-0.39, 0.29) is 5.91 Å². The molecule has 76 valence electrons. The molecular formula is C10H18BrNO. The van der Waals surface area contributed by atoms with Gasteiger partial charge < -0.3 is 5.32 Å². The molecule has 0 radical (unpaired) electrons. The maximum absolute atomic E-state index is 11.2. The minimum Gasteiger partial charge on any atom is -0.356 e. The van der Waals surface area contributed by atoms with Gasteiger partial charge in [-0.3, -0.25) is 4.79 Å². The Hall–Kier alpha value is -0.0500. The molecule has 1 N–H and O–H groups in total. The molecule has 3 heteroatoms. The van der Waals surface area contributed by atoms with E-state index in [9.17, 15) is 4.79 Å². The topological polar surface area (TPSA) is 29.1 Å². The minimum atomic E-state index is 0.270. The van der Waals surface area contributed by atoms with E-state index in [1.165, 1.54) is 6.42 Å². The second-order valence-corrected chi connectivity index (χ2v) is 4.61. The number of hydrogen-bond acceptors (Lipinski definition) is 1.